The van der Waals surface area contributed by atoms with E-state index in [0.29, 0.717) is 67.1 Å². The van der Waals surface area contributed by atoms with E-state index in [2.05, 4.69) is 9.97 Å². The van der Waals surface area contributed by atoms with Gasteiger partial charge in [0.25, 0.3) is 10.0 Å². The Morgan fingerprint density at radius 3 is 2.17 bits per heavy atom. The predicted octanol–water partition coefficient (Wildman–Crippen LogP) is 3.43. The lowest BCUT2D eigenvalue weighted by molar-refractivity contribution is 0.00708. The van der Waals surface area contributed by atoms with E-state index in [1.807, 2.05) is 13.8 Å². The number of rotatable bonds is 7. The maximum Gasteiger partial charge on any atom is 0.338 e. The monoisotopic (exact) mass is 675 g/mol. The molecule has 0 spiro atoms. The standard InChI is InChI=1S/C31H37N3O10S2/c1-21-19-32-26(22(2)30(21)39-4)20-45(35)31-33-25-7-5-23(38-3)17-27(25)34(31)46(36,37)24-6-8-28-29(18-24)44-16-14-42-12-10-40-9-11-41-13-15-43-28/h5-8,17-19H,9-16,20H2,1-4H3. The molecule has 46 heavy (non-hydrogen) atoms. The molecule has 3 heterocycles. The highest BCUT2D eigenvalue weighted by atomic mass is 32.2. The van der Waals surface area contributed by atoms with Gasteiger partial charge in [-0.2, -0.15) is 8.96 Å². The number of nitrogens with zero attached hydrogens (tertiary/aromatic N) is 3. The second kappa shape index (κ2) is 15.3. The van der Waals surface area contributed by atoms with E-state index >= 15 is 0 Å². The minimum Gasteiger partial charge on any atom is -0.609 e. The Kier molecular flexibility index (Phi) is 11.2. The van der Waals surface area contributed by atoms with E-state index < -0.39 is 21.2 Å². The molecule has 0 saturated heterocycles. The molecule has 2 aromatic carbocycles. The number of aryl methyl sites for hydroxylation is 1. The second-order valence-corrected chi connectivity index (χ2v) is 13.3. The molecule has 1 aliphatic heterocycles. The van der Waals surface area contributed by atoms with Crippen molar-refractivity contribution >= 4 is 32.2 Å². The molecule has 0 amide bonds. The van der Waals surface area contributed by atoms with Crippen LogP contribution in [0, 0.1) is 13.8 Å². The third-order valence-electron chi connectivity index (χ3n) is 7.18. The van der Waals surface area contributed by atoms with Crippen molar-refractivity contribution < 1.29 is 46.1 Å². The first kappa shape index (κ1) is 33.8. The normalized spacial score (nSPS) is 15.9. The Morgan fingerprint density at radius 1 is 0.870 bits per heavy atom. The summed E-state index contributed by atoms with van der Waals surface area (Å²) < 4.78 is 83.0. The number of ether oxygens (including phenoxy) is 7. The van der Waals surface area contributed by atoms with Crippen LogP contribution in [-0.2, 0) is 41.2 Å². The molecule has 13 nitrogen and oxygen atoms in total. The quantitative estimate of drug-likeness (QED) is 0.264. The molecule has 5 rings (SSSR count). The van der Waals surface area contributed by atoms with Crippen LogP contribution < -0.4 is 18.9 Å². The zero-order valence-corrected chi connectivity index (χ0v) is 27.8. The molecule has 1 unspecified atom stereocenters. The van der Waals surface area contributed by atoms with Crippen molar-refractivity contribution in [1.29, 1.82) is 0 Å². The van der Waals surface area contributed by atoms with Gasteiger partial charge in [0, 0.05) is 40.6 Å². The Bertz CT molecular complexity index is 1760. The van der Waals surface area contributed by atoms with Crippen LogP contribution in [0.1, 0.15) is 16.8 Å². The van der Waals surface area contributed by atoms with Crippen molar-refractivity contribution in [2.45, 2.75) is 29.7 Å². The molecule has 0 N–H and O–H groups in total. The number of aromatic nitrogens is 3. The number of hydrogen-bond acceptors (Lipinski definition) is 12. The van der Waals surface area contributed by atoms with Gasteiger partial charge in [0.2, 0.25) is 0 Å². The fourth-order valence-corrected chi connectivity index (χ4v) is 7.92. The zero-order chi connectivity index (χ0) is 32.7. The number of pyridine rings is 1. The first-order valence-electron chi connectivity index (χ1n) is 14.6. The largest absolute Gasteiger partial charge is 0.609 e. The average molecular weight is 676 g/mol. The zero-order valence-electron chi connectivity index (χ0n) is 26.1. The SMILES string of the molecule is COc1ccc2nc([S+]([O-])Cc3ncc(C)c(OC)c3C)n(S(=O)(=O)c3ccc4c(c3)OCCOCCOCCOCCO4)c2c1. The van der Waals surface area contributed by atoms with Gasteiger partial charge in [-0.1, -0.05) is 0 Å². The van der Waals surface area contributed by atoms with Gasteiger partial charge in [0.05, 0.1) is 75.5 Å². The highest BCUT2D eigenvalue weighted by Gasteiger charge is 2.33. The Morgan fingerprint density at radius 2 is 1.52 bits per heavy atom. The smallest absolute Gasteiger partial charge is 0.338 e. The summed E-state index contributed by atoms with van der Waals surface area (Å²) in [7, 11) is -1.36. The maximum atomic E-state index is 14.4. The number of methoxy groups -OCH3 is 2. The van der Waals surface area contributed by atoms with Crippen molar-refractivity contribution in [2.24, 2.45) is 0 Å². The Balaban J connectivity index is 1.55. The summed E-state index contributed by atoms with van der Waals surface area (Å²) in [6, 6.07) is 9.13. The summed E-state index contributed by atoms with van der Waals surface area (Å²) in [5.41, 5.74) is 2.57. The molecular formula is C31H37N3O10S2. The third-order valence-corrected chi connectivity index (χ3v) is 10.2. The maximum absolute atomic E-state index is 14.4. The number of fused-ring (bicyclic) bond motifs is 2. The molecule has 0 bridgehead atoms. The van der Waals surface area contributed by atoms with Crippen LogP contribution in [0.4, 0.5) is 0 Å². The first-order valence-corrected chi connectivity index (χ1v) is 17.3. The summed E-state index contributed by atoms with van der Waals surface area (Å²) in [5.74, 6) is 1.48. The topological polar surface area (TPSA) is 153 Å². The molecule has 1 aliphatic rings. The van der Waals surface area contributed by atoms with Crippen LogP contribution in [0.25, 0.3) is 11.0 Å². The van der Waals surface area contributed by atoms with Gasteiger partial charge >= 0.3 is 5.16 Å². The molecule has 248 valence electrons. The van der Waals surface area contributed by atoms with Crippen molar-refractivity contribution in [2.75, 3.05) is 67.1 Å². The van der Waals surface area contributed by atoms with Crippen molar-refractivity contribution in [3.63, 3.8) is 0 Å². The van der Waals surface area contributed by atoms with Gasteiger partial charge in [-0.3, -0.25) is 4.98 Å². The molecule has 4 aromatic rings. The van der Waals surface area contributed by atoms with Gasteiger partial charge in [-0.05, 0) is 38.1 Å². The van der Waals surface area contributed by atoms with Gasteiger partial charge < -0.3 is 37.7 Å². The van der Waals surface area contributed by atoms with E-state index in [-0.39, 0.29) is 46.9 Å². The summed E-state index contributed by atoms with van der Waals surface area (Å²) >= 11 is -1.94. The number of imidazole rings is 1. The molecule has 0 radical (unpaired) electrons. The molecule has 0 aliphatic carbocycles. The summed E-state index contributed by atoms with van der Waals surface area (Å²) in [6.07, 6.45) is 1.63. The summed E-state index contributed by atoms with van der Waals surface area (Å²) in [5, 5.41) is -0.162. The molecule has 0 saturated carbocycles. The minimum atomic E-state index is -4.39. The average Bonchev–Trinajstić information content (AvgIpc) is 3.44. The van der Waals surface area contributed by atoms with Gasteiger partial charge in [0.1, 0.15) is 24.7 Å². The third kappa shape index (κ3) is 7.51. The Hall–Kier alpha value is -3.60. The van der Waals surface area contributed by atoms with E-state index in [0.717, 1.165) is 9.54 Å². The van der Waals surface area contributed by atoms with E-state index in [9.17, 15) is 13.0 Å². The summed E-state index contributed by atoms with van der Waals surface area (Å²) in [6.45, 7) is 6.23. The lowest BCUT2D eigenvalue weighted by Crippen LogP contribution is -2.21. The minimum absolute atomic E-state index is 0.0906. The first-order chi connectivity index (χ1) is 22.2. The number of benzene rings is 2. The lowest BCUT2D eigenvalue weighted by Gasteiger charge is -2.17. The van der Waals surface area contributed by atoms with Crippen LogP contribution in [0.3, 0.4) is 0 Å². The summed E-state index contributed by atoms with van der Waals surface area (Å²) in [4.78, 5) is 8.85. The van der Waals surface area contributed by atoms with Crippen molar-refractivity contribution in [3.8, 4) is 23.0 Å². The van der Waals surface area contributed by atoms with Gasteiger partial charge in [0.15, 0.2) is 17.3 Å². The van der Waals surface area contributed by atoms with Crippen LogP contribution in [0.5, 0.6) is 23.0 Å². The molecule has 15 heteroatoms. The van der Waals surface area contributed by atoms with Crippen LogP contribution in [0.2, 0.25) is 0 Å². The van der Waals surface area contributed by atoms with Crippen molar-refractivity contribution in [1.82, 2.24) is 13.9 Å². The highest BCUT2D eigenvalue weighted by Crippen LogP contribution is 2.35. The van der Waals surface area contributed by atoms with Crippen LogP contribution in [-0.4, -0.2) is 94.0 Å². The van der Waals surface area contributed by atoms with Crippen LogP contribution >= 0.6 is 0 Å². The predicted molar refractivity (Wildman–Crippen MR) is 169 cm³/mol. The molecular weight excluding hydrogens is 638 g/mol. The number of hydrogen-bond donors (Lipinski definition) is 0. The molecule has 1 atom stereocenters. The highest BCUT2D eigenvalue weighted by molar-refractivity contribution is 7.93. The van der Waals surface area contributed by atoms with E-state index in [1.165, 1.54) is 25.3 Å². The second-order valence-electron chi connectivity index (χ2n) is 10.2. The molecule has 0 fully saturated rings. The fraction of sp³-hybridized carbons (Fsp3) is 0.419. The fourth-order valence-electron chi connectivity index (χ4n) is 4.87. The van der Waals surface area contributed by atoms with Gasteiger partial charge in [-0.25, -0.2) is 8.42 Å². The van der Waals surface area contributed by atoms with Crippen LogP contribution in [0.15, 0.2) is 52.6 Å². The van der Waals surface area contributed by atoms with Gasteiger partial charge in [-0.15, -0.1) is 0 Å². The Labute approximate surface area is 270 Å². The molecule has 2 aromatic heterocycles. The van der Waals surface area contributed by atoms with E-state index in [4.69, 9.17) is 33.2 Å². The van der Waals surface area contributed by atoms with E-state index in [1.54, 1.807) is 31.5 Å². The lowest BCUT2D eigenvalue weighted by atomic mass is 10.1. The van der Waals surface area contributed by atoms with Crippen molar-refractivity contribution in [3.05, 3.63) is 59.4 Å².